The molecule has 1 atom stereocenters. The number of hydrogen-bond acceptors (Lipinski definition) is 4. The minimum absolute atomic E-state index is 0.117. The van der Waals surface area contributed by atoms with Gasteiger partial charge in [0.2, 0.25) is 0 Å². The largest absolute Gasteiger partial charge is 0.493 e. The molecule has 0 saturated carbocycles. The van der Waals surface area contributed by atoms with Gasteiger partial charge < -0.3 is 20.3 Å². The summed E-state index contributed by atoms with van der Waals surface area (Å²) in [6, 6.07) is 14.3. The van der Waals surface area contributed by atoms with Crippen LogP contribution in [-0.2, 0) is 6.54 Å². The highest BCUT2D eigenvalue weighted by atomic mass is 16.5. The molecule has 1 aromatic carbocycles. The summed E-state index contributed by atoms with van der Waals surface area (Å²) < 4.78 is 5.75. The number of anilines is 1. The summed E-state index contributed by atoms with van der Waals surface area (Å²) in [4.78, 5) is 10.9. The van der Waals surface area contributed by atoms with Crippen LogP contribution in [0.1, 0.15) is 38.1 Å². The van der Waals surface area contributed by atoms with Gasteiger partial charge in [0, 0.05) is 21.1 Å². The molecular formula is C22H33N5O. The summed E-state index contributed by atoms with van der Waals surface area (Å²) in [5.74, 6) is 3.10. The van der Waals surface area contributed by atoms with Crippen LogP contribution in [0.5, 0.6) is 5.75 Å². The lowest BCUT2D eigenvalue weighted by molar-refractivity contribution is 0.271. The first kappa shape index (κ1) is 21.5. The number of nitrogens with one attached hydrogen (secondary N) is 2. The molecule has 0 aliphatic heterocycles. The first-order chi connectivity index (χ1) is 13.4. The molecule has 0 saturated heterocycles. The van der Waals surface area contributed by atoms with E-state index in [-0.39, 0.29) is 6.04 Å². The molecule has 0 aliphatic rings. The van der Waals surface area contributed by atoms with Crippen LogP contribution in [0, 0.1) is 5.92 Å². The Hall–Kier alpha value is -2.76. The van der Waals surface area contributed by atoms with Gasteiger partial charge in [-0.2, -0.15) is 0 Å². The molecule has 28 heavy (non-hydrogen) atoms. The molecule has 0 bridgehead atoms. The number of aliphatic imine (C=N–C) groups is 1. The molecule has 6 heteroatoms. The molecule has 0 radical (unpaired) electrons. The maximum Gasteiger partial charge on any atom is 0.191 e. The Morgan fingerprint density at radius 3 is 2.43 bits per heavy atom. The summed E-state index contributed by atoms with van der Waals surface area (Å²) in [6.45, 7) is 7.74. The fourth-order valence-electron chi connectivity index (χ4n) is 2.59. The molecule has 1 unspecified atom stereocenters. The quantitative estimate of drug-likeness (QED) is 0.539. The van der Waals surface area contributed by atoms with Crippen molar-refractivity contribution in [2.75, 3.05) is 32.6 Å². The van der Waals surface area contributed by atoms with Crippen molar-refractivity contribution in [1.29, 1.82) is 0 Å². The van der Waals surface area contributed by atoms with Gasteiger partial charge in [-0.05, 0) is 42.7 Å². The summed E-state index contributed by atoms with van der Waals surface area (Å²) in [7, 11) is 5.75. The van der Waals surface area contributed by atoms with Crippen LogP contribution in [0.3, 0.4) is 0 Å². The monoisotopic (exact) mass is 383 g/mol. The Bertz CT molecular complexity index is 756. The second-order valence-corrected chi connectivity index (χ2v) is 7.45. The second-order valence-electron chi connectivity index (χ2n) is 7.45. The Morgan fingerprint density at radius 2 is 1.82 bits per heavy atom. The zero-order chi connectivity index (χ0) is 20.5. The van der Waals surface area contributed by atoms with Gasteiger partial charge in [0.25, 0.3) is 0 Å². The average Bonchev–Trinajstić information content (AvgIpc) is 2.69. The van der Waals surface area contributed by atoms with Crippen molar-refractivity contribution in [1.82, 2.24) is 15.6 Å². The minimum Gasteiger partial charge on any atom is -0.493 e. The Labute approximate surface area is 169 Å². The van der Waals surface area contributed by atoms with Crippen LogP contribution in [0.15, 0.2) is 47.5 Å². The van der Waals surface area contributed by atoms with Gasteiger partial charge in [0.05, 0.1) is 24.9 Å². The van der Waals surface area contributed by atoms with E-state index < -0.39 is 0 Å². The van der Waals surface area contributed by atoms with E-state index in [1.54, 1.807) is 7.05 Å². The van der Waals surface area contributed by atoms with E-state index in [0.29, 0.717) is 12.5 Å². The smallest absolute Gasteiger partial charge is 0.191 e. The van der Waals surface area contributed by atoms with E-state index in [4.69, 9.17) is 4.74 Å². The van der Waals surface area contributed by atoms with Crippen LogP contribution in [0.2, 0.25) is 0 Å². The Kier molecular flexibility index (Phi) is 8.11. The molecule has 0 aliphatic carbocycles. The third-order valence-corrected chi connectivity index (χ3v) is 4.23. The molecule has 152 valence electrons. The van der Waals surface area contributed by atoms with Crippen LogP contribution >= 0.6 is 0 Å². The van der Waals surface area contributed by atoms with Gasteiger partial charge in [-0.1, -0.05) is 32.0 Å². The number of nitrogens with zero attached hydrogens (tertiary/aromatic N) is 3. The number of aromatic nitrogens is 1. The fraction of sp³-hybridized carbons (Fsp3) is 0.455. The molecule has 2 N–H and O–H groups in total. The number of hydrogen-bond donors (Lipinski definition) is 2. The Morgan fingerprint density at radius 1 is 1.11 bits per heavy atom. The lowest BCUT2D eigenvalue weighted by Gasteiger charge is -2.19. The van der Waals surface area contributed by atoms with E-state index in [2.05, 4.69) is 53.5 Å². The van der Waals surface area contributed by atoms with Crippen molar-refractivity contribution < 1.29 is 4.74 Å². The van der Waals surface area contributed by atoms with E-state index in [0.717, 1.165) is 29.8 Å². The van der Waals surface area contributed by atoms with Crippen LogP contribution in [-0.4, -0.2) is 38.7 Å². The second kappa shape index (κ2) is 10.5. The van der Waals surface area contributed by atoms with Gasteiger partial charge in [-0.3, -0.25) is 4.99 Å². The molecule has 0 amide bonds. The Balaban J connectivity index is 1.90. The molecule has 2 aromatic rings. The number of guanidine groups is 1. The summed E-state index contributed by atoms with van der Waals surface area (Å²) in [5.41, 5.74) is 2.14. The fourth-order valence-corrected chi connectivity index (χ4v) is 2.59. The zero-order valence-electron chi connectivity index (χ0n) is 17.9. The number of pyridine rings is 1. The SMILES string of the molecule is CN=C(NCc1cccc(N(C)C)n1)NC(C)c1ccc(OCC(C)C)cc1. The summed E-state index contributed by atoms with van der Waals surface area (Å²) in [5, 5.41) is 6.75. The van der Waals surface area contributed by atoms with Crippen LogP contribution in [0.25, 0.3) is 0 Å². The van der Waals surface area contributed by atoms with Crippen molar-refractivity contribution in [2.24, 2.45) is 10.9 Å². The van der Waals surface area contributed by atoms with E-state index in [1.807, 2.05) is 49.3 Å². The highest BCUT2D eigenvalue weighted by Crippen LogP contribution is 2.18. The first-order valence-electron chi connectivity index (χ1n) is 9.72. The number of ether oxygens (including phenoxy) is 1. The van der Waals surface area contributed by atoms with Crippen molar-refractivity contribution in [3.05, 3.63) is 53.7 Å². The van der Waals surface area contributed by atoms with Gasteiger partial charge in [-0.25, -0.2) is 4.98 Å². The predicted octanol–water partition coefficient (Wildman–Crippen LogP) is 3.61. The van der Waals surface area contributed by atoms with Gasteiger partial charge in [0.1, 0.15) is 11.6 Å². The van der Waals surface area contributed by atoms with Crippen LogP contribution in [0.4, 0.5) is 5.82 Å². The molecule has 0 spiro atoms. The van der Waals surface area contributed by atoms with E-state index in [9.17, 15) is 0 Å². The number of benzene rings is 1. The van der Waals surface area contributed by atoms with Crippen molar-refractivity contribution in [2.45, 2.75) is 33.4 Å². The molecule has 1 aromatic heterocycles. The normalized spacial score (nSPS) is 12.6. The topological polar surface area (TPSA) is 61.8 Å². The van der Waals surface area contributed by atoms with Crippen LogP contribution < -0.4 is 20.3 Å². The van der Waals surface area contributed by atoms with Gasteiger partial charge in [0.15, 0.2) is 5.96 Å². The predicted molar refractivity (Wildman–Crippen MR) is 117 cm³/mol. The third kappa shape index (κ3) is 6.76. The molecule has 0 fully saturated rings. The zero-order valence-corrected chi connectivity index (χ0v) is 17.9. The maximum absolute atomic E-state index is 5.75. The first-order valence-corrected chi connectivity index (χ1v) is 9.72. The third-order valence-electron chi connectivity index (χ3n) is 4.23. The van der Waals surface area contributed by atoms with E-state index in [1.165, 1.54) is 5.56 Å². The molecule has 1 heterocycles. The lowest BCUT2D eigenvalue weighted by atomic mass is 10.1. The maximum atomic E-state index is 5.75. The van der Waals surface area contributed by atoms with Crippen molar-refractivity contribution >= 4 is 11.8 Å². The standard InChI is InChI=1S/C22H33N5O/c1-16(2)15-28-20-12-10-18(11-13-20)17(3)25-22(23-4)24-14-19-8-7-9-21(26-19)27(5)6/h7-13,16-17H,14-15H2,1-6H3,(H2,23,24,25). The van der Waals surface area contributed by atoms with Gasteiger partial charge in [-0.15, -0.1) is 0 Å². The molecule has 6 nitrogen and oxygen atoms in total. The minimum atomic E-state index is 0.117. The van der Waals surface area contributed by atoms with Crippen molar-refractivity contribution in [3.8, 4) is 5.75 Å². The summed E-state index contributed by atoms with van der Waals surface area (Å²) in [6.07, 6.45) is 0. The molecule has 2 rings (SSSR count). The average molecular weight is 384 g/mol. The lowest BCUT2D eigenvalue weighted by Crippen LogP contribution is -2.38. The van der Waals surface area contributed by atoms with Crippen molar-refractivity contribution in [3.63, 3.8) is 0 Å². The highest BCUT2D eigenvalue weighted by Gasteiger charge is 2.09. The highest BCUT2D eigenvalue weighted by molar-refractivity contribution is 5.80. The van der Waals surface area contributed by atoms with Gasteiger partial charge >= 0.3 is 0 Å². The number of rotatable bonds is 8. The molecular weight excluding hydrogens is 350 g/mol. The summed E-state index contributed by atoms with van der Waals surface area (Å²) >= 11 is 0. The van der Waals surface area contributed by atoms with E-state index >= 15 is 0 Å².